The number of rotatable bonds is 6. The van der Waals surface area contributed by atoms with Crippen LogP contribution in [0.15, 0.2) is 55.1 Å². The Kier molecular flexibility index (Phi) is 7.00. The smallest absolute Gasteiger partial charge is 0.272 e. The number of amides is 2. The first-order valence-corrected chi connectivity index (χ1v) is 12.7. The van der Waals surface area contributed by atoms with E-state index in [4.69, 9.17) is 4.74 Å². The average molecular weight is 554 g/mol. The Labute approximate surface area is 229 Å². The van der Waals surface area contributed by atoms with E-state index in [1.54, 1.807) is 26.7 Å². The third kappa shape index (κ3) is 5.37. The van der Waals surface area contributed by atoms with Crippen LogP contribution in [0.2, 0.25) is 0 Å². The molecule has 1 atom stereocenters. The van der Waals surface area contributed by atoms with Crippen LogP contribution in [0.1, 0.15) is 26.0 Å². The van der Waals surface area contributed by atoms with E-state index in [1.165, 1.54) is 12.4 Å². The van der Waals surface area contributed by atoms with E-state index >= 15 is 0 Å². The minimum atomic E-state index is -1.51. The second-order valence-corrected chi connectivity index (χ2v) is 10.5. The highest BCUT2D eigenvalue weighted by Gasteiger charge is 2.48. The summed E-state index contributed by atoms with van der Waals surface area (Å²) >= 11 is 0. The van der Waals surface area contributed by atoms with Gasteiger partial charge < -0.3 is 25.0 Å². The quantitative estimate of drug-likeness (QED) is 0.446. The second-order valence-electron chi connectivity index (χ2n) is 10.5. The number of halogens is 2. The Morgan fingerprint density at radius 1 is 1.12 bits per heavy atom. The van der Waals surface area contributed by atoms with Gasteiger partial charge in [-0.3, -0.25) is 14.3 Å². The predicted molar refractivity (Wildman–Crippen MR) is 139 cm³/mol. The maximum Gasteiger partial charge on any atom is 0.272 e. The van der Waals surface area contributed by atoms with Crippen molar-refractivity contribution in [2.45, 2.75) is 44.4 Å². The van der Waals surface area contributed by atoms with E-state index in [0.717, 1.165) is 17.8 Å². The highest BCUT2D eigenvalue weighted by Crippen LogP contribution is 2.32. The van der Waals surface area contributed by atoms with Crippen LogP contribution in [-0.4, -0.2) is 77.2 Å². The molecule has 5 rings (SSSR count). The van der Waals surface area contributed by atoms with E-state index < -0.39 is 28.7 Å². The number of benzene rings is 1. The first-order valence-electron chi connectivity index (χ1n) is 12.7. The topological polar surface area (TPSA) is 126 Å². The fourth-order valence-electron chi connectivity index (χ4n) is 5.02. The molecule has 0 unspecified atom stereocenters. The Bertz CT molecular complexity index is 1460. The molecule has 3 aromatic rings. The first kappa shape index (κ1) is 27.2. The Morgan fingerprint density at radius 3 is 2.62 bits per heavy atom. The van der Waals surface area contributed by atoms with Crippen LogP contribution in [0.3, 0.4) is 0 Å². The number of nitrogens with one attached hydrogen (secondary N) is 1. The minimum Gasteiger partial charge on any atom is -0.434 e. The molecule has 2 aromatic heterocycles. The highest BCUT2D eigenvalue weighted by atomic mass is 19.1. The molecule has 40 heavy (non-hydrogen) atoms. The van der Waals surface area contributed by atoms with Gasteiger partial charge in [-0.2, -0.15) is 5.10 Å². The van der Waals surface area contributed by atoms with Crippen LogP contribution in [0, 0.1) is 11.6 Å². The second kappa shape index (κ2) is 10.3. The average Bonchev–Trinajstić information content (AvgIpc) is 3.37. The Morgan fingerprint density at radius 2 is 1.93 bits per heavy atom. The molecule has 1 fully saturated rings. The lowest BCUT2D eigenvalue weighted by molar-refractivity contribution is -0.162. The molecule has 0 bridgehead atoms. The van der Waals surface area contributed by atoms with Gasteiger partial charge in [0.1, 0.15) is 5.82 Å². The van der Waals surface area contributed by atoms with Crippen molar-refractivity contribution < 1.29 is 28.2 Å². The summed E-state index contributed by atoms with van der Waals surface area (Å²) in [6, 6.07) is 4.68. The molecule has 0 saturated carbocycles. The van der Waals surface area contributed by atoms with Crippen molar-refractivity contribution in [1.82, 2.24) is 29.5 Å². The van der Waals surface area contributed by atoms with Crippen LogP contribution < -0.4 is 10.1 Å². The molecule has 210 valence electrons. The number of aliphatic hydroxyl groups is 1. The SMILES string of the molecule is C=C(C(=O)Nc1cnc(Oc2ccc(F)cc2F)cn1)N1CCN(C(=O)[C@@]2(O)CCn3nccc3C2)C(C)(C)C1. The molecular weight excluding hydrogens is 524 g/mol. The van der Waals surface area contributed by atoms with E-state index in [0.29, 0.717) is 32.2 Å². The summed E-state index contributed by atoms with van der Waals surface area (Å²) < 4.78 is 34.0. The number of carbonyl (C=O) groups is 2. The van der Waals surface area contributed by atoms with Gasteiger partial charge in [-0.15, -0.1) is 0 Å². The van der Waals surface area contributed by atoms with Crippen LogP contribution in [0.25, 0.3) is 0 Å². The number of carbonyl (C=O) groups excluding carboxylic acids is 2. The molecule has 0 radical (unpaired) electrons. The fraction of sp³-hybridized carbons (Fsp3) is 0.370. The predicted octanol–water partition coefficient (Wildman–Crippen LogP) is 2.50. The van der Waals surface area contributed by atoms with Gasteiger partial charge in [0.2, 0.25) is 5.88 Å². The number of nitrogens with zero attached hydrogens (tertiary/aromatic N) is 6. The first-order chi connectivity index (χ1) is 18.9. The minimum absolute atomic E-state index is 0.0473. The number of hydrogen-bond acceptors (Lipinski definition) is 8. The van der Waals surface area contributed by atoms with Crippen molar-refractivity contribution in [1.29, 1.82) is 0 Å². The van der Waals surface area contributed by atoms with Gasteiger partial charge in [-0.25, -0.2) is 18.7 Å². The molecule has 0 aliphatic carbocycles. The third-order valence-electron chi connectivity index (χ3n) is 7.18. The number of aryl methyl sites for hydroxylation is 1. The zero-order valence-corrected chi connectivity index (χ0v) is 22.1. The lowest BCUT2D eigenvalue weighted by Crippen LogP contribution is -2.66. The fourth-order valence-corrected chi connectivity index (χ4v) is 5.02. The van der Waals surface area contributed by atoms with Crippen molar-refractivity contribution in [3.63, 3.8) is 0 Å². The Hall–Kier alpha value is -4.39. The lowest BCUT2D eigenvalue weighted by atomic mass is 9.86. The maximum atomic E-state index is 13.8. The molecule has 2 aliphatic rings. The highest BCUT2D eigenvalue weighted by molar-refractivity contribution is 6.02. The zero-order valence-electron chi connectivity index (χ0n) is 22.1. The lowest BCUT2D eigenvalue weighted by Gasteiger charge is -2.50. The molecule has 2 amide bonds. The molecule has 11 nitrogen and oxygen atoms in total. The molecule has 2 aliphatic heterocycles. The number of piperazine rings is 1. The van der Waals surface area contributed by atoms with Crippen LogP contribution >= 0.6 is 0 Å². The van der Waals surface area contributed by atoms with E-state index in [-0.39, 0.29) is 41.9 Å². The third-order valence-corrected chi connectivity index (χ3v) is 7.18. The zero-order chi connectivity index (χ0) is 28.7. The summed E-state index contributed by atoms with van der Waals surface area (Å²) in [6.45, 7) is 9.11. The number of ether oxygens (including phenoxy) is 1. The summed E-state index contributed by atoms with van der Waals surface area (Å²) in [5.74, 6) is -2.62. The standard InChI is InChI=1S/C27H29F2N7O4/c1-17(24(37)33-22-14-31-23(15-30-22)40-21-5-4-18(28)12-20(21)29)34-10-11-35(26(2,3)16-34)25(38)27(39)7-9-36-19(13-27)6-8-32-36/h4-6,8,12,14-15,39H,1,7,9-11,13,16H2,2-3H3,(H,30,33,37)/t27-/m1/s1. The number of anilines is 1. The monoisotopic (exact) mass is 553 g/mol. The molecule has 1 saturated heterocycles. The van der Waals surface area contributed by atoms with Gasteiger partial charge in [-0.05, 0) is 32.0 Å². The summed E-state index contributed by atoms with van der Waals surface area (Å²) in [5.41, 5.74) is -1.22. The van der Waals surface area contributed by atoms with Gasteiger partial charge in [-0.1, -0.05) is 6.58 Å². The van der Waals surface area contributed by atoms with Crippen molar-refractivity contribution in [3.8, 4) is 11.6 Å². The molecule has 0 spiro atoms. The number of hydrogen-bond donors (Lipinski definition) is 2. The molecule has 2 N–H and O–H groups in total. The van der Waals surface area contributed by atoms with Gasteiger partial charge in [0.15, 0.2) is 23.0 Å². The Balaban J connectivity index is 1.18. The van der Waals surface area contributed by atoms with Crippen molar-refractivity contribution in [2.75, 3.05) is 25.0 Å². The molecule has 13 heteroatoms. The van der Waals surface area contributed by atoms with Gasteiger partial charge in [0.05, 0.1) is 23.6 Å². The van der Waals surface area contributed by atoms with Crippen LogP contribution in [0.4, 0.5) is 14.6 Å². The van der Waals surface area contributed by atoms with E-state index in [1.807, 2.05) is 13.8 Å². The van der Waals surface area contributed by atoms with Gasteiger partial charge in [0, 0.05) is 57.0 Å². The number of fused-ring (bicyclic) bond motifs is 1. The van der Waals surface area contributed by atoms with Gasteiger partial charge >= 0.3 is 0 Å². The van der Waals surface area contributed by atoms with E-state index in [9.17, 15) is 23.5 Å². The van der Waals surface area contributed by atoms with Gasteiger partial charge in [0.25, 0.3) is 11.8 Å². The van der Waals surface area contributed by atoms with Crippen molar-refractivity contribution in [3.05, 3.63) is 72.5 Å². The molecule has 1 aromatic carbocycles. The molecule has 4 heterocycles. The molecular formula is C27H29F2N7O4. The van der Waals surface area contributed by atoms with Crippen LogP contribution in [0.5, 0.6) is 11.6 Å². The maximum absolute atomic E-state index is 13.8. The summed E-state index contributed by atoms with van der Waals surface area (Å²) in [4.78, 5) is 37.9. The normalized spacial score (nSPS) is 20.0. The number of aromatic nitrogens is 4. The summed E-state index contributed by atoms with van der Waals surface area (Å²) in [7, 11) is 0. The van der Waals surface area contributed by atoms with E-state index in [2.05, 4.69) is 27.0 Å². The largest absolute Gasteiger partial charge is 0.434 e. The van der Waals surface area contributed by atoms with Crippen LogP contribution in [-0.2, 0) is 22.6 Å². The van der Waals surface area contributed by atoms with Crippen molar-refractivity contribution >= 4 is 17.6 Å². The van der Waals surface area contributed by atoms with Crippen molar-refractivity contribution in [2.24, 2.45) is 0 Å². The summed E-state index contributed by atoms with van der Waals surface area (Å²) in [6.07, 6.45) is 4.56. The summed E-state index contributed by atoms with van der Waals surface area (Å²) in [5, 5.41) is 18.1.